The van der Waals surface area contributed by atoms with Crippen molar-refractivity contribution in [2.45, 2.75) is 19.4 Å². The van der Waals surface area contributed by atoms with Gasteiger partial charge in [0.05, 0.1) is 11.6 Å². The van der Waals surface area contributed by atoms with Crippen molar-refractivity contribution < 1.29 is 4.79 Å². The Hall–Kier alpha value is -2.27. The molecule has 0 aliphatic carbocycles. The number of rotatable bonds is 4. The third-order valence-electron chi connectivity index (χ3n) is 3.07. The normalized spacial score (nSPS) is 11.5. The largest absolute Gasteiger partial charge is 0.356 e. The maximum absolute atomic E-state index is 12.0. The molecule has 0 aliphatic heterocycles. The third-order valence-corrected chi connectivity index (χ3v) is 3.29. The Bertz CT molecular complexity index is 601. The van der Waals surface area contributed by atoms with Crippen molar-refractivity contribution in [3.63, 3.8) is 0 Å². The Morgan fingerprint density at radius 3 is 2.62 bits per heavy atom. The van der Waals surface area contributed by atoms with Crippen molar-refractivity contribution in [1.29, 1.82) is 0 Å². The molecule has 0 fully saturated rings. The van der Waals surface area contributed by atoms with Gasteiger partial charge in [0.2, 0.25) is 0 Å². The zero-order chi connectivity index (χ0) is 15.1. The van der Waals surface area contributed by atoms with E-state index in [2.05, 4.69) is 22.5 Å². The lowest BCUT2D eigenvalue weighted by Gasteiger charge is -2.19. The monoisotopic (exact) mass is 299 g/mol. The molecule has 0 spiro atoms. The van der Waals surface area contributed by atoms with Gasteiger partial charge in [-0.3, -0.25) is 15.1 Å². The van der Waals surface area contributed by atoms with Crippen LogP contribution >= 0.6 is 12.2 Å². The Labute approximate surface area is 129 Å². The van der Waals surface area contributed by atoms with Crippen molar-refractivity contribution in [3.05, 3.63) is 66.0 Å². The van der Waals surface area contributed by atoms with Crippen molar-refractivity contribution in [2.24, 2.45) is 0 Å². The van der Waals surface area contributed by atoms with Gasteiger partial charge in [-0.05, 0) is 36.3 Å². The molecule has 2 N–H and O–H groups in total. The number of pyridine rings is 1. The SMILES string of the molecule is CCC(NC(=S)NC(=O)c1cccnc1)c1ccccc1. The van der Waals surface area contributed by atoms with Crippen molar-refractivity contribution in [2.75, 3.05) is 0 Å². The van der Waals surface area contributed by atoms with E-state index in [1.54, 1.807) is 18.3 Å². The second kappa shape index (κ2) is 7.50. The van der Waals surface area contributed by atoms with Crippen molar-refractivity contribution in [3.8, 4) is 0 Å². The molecule has 1 heterocycles. The first kappa shape index (κ1) is 15.1. The average Bonchev–Trinajstić information content (AvgIpc) is 2.54. The summed E-state index contributed by atoms with van der Waals surface area (Å²) in [6.07, 6.45) is 4.00. The number of thiocarbonyl (C=S) groups is 1. The third kappa shape index (κ3) is 4.36. The topological polar surface area (TPSA) is 54.0 Å². The van der Waals surface area contributed by atoms with Crippen LogP contribution in [0.5, 0.6) is 0 Å². The maximum atomic E-state index is 12.0. The van der Waals surface area contributed by atoms with E-state index in [9.17, 15) is 4.79 Å². The summed E-state index contributed by atoms with van der Waals surface area (Å²) in [7, 11) is 0. The minimum atomic E-state index is -0.261. The molecule has 1 aromatic carbocycles. The molecule has 0 saturated carbocycles. The zero-order valence-corrected chi connectivity index (χ0v) is 12.6. The first-order valence-electron chi connectivity index (χ1n) is 6.77. The van der Waals surface area contributed by atoms with Crippen molar-refractivity contribution in [1.82, 2.24) is 15.6 Å². The van der Waals surface area contributed by atoms with Crippen LogP contribution in [0, 0.1) is 0 Å². The van der Waals surface area contributed by atoms with Gasteiger partial charge in [0.25, 0.3) is 5.91 Å². The Morgan fingerprint density at radius 1 is 1.24 bits per heavy atom. The highest BCUT2D eigenvalue weighted by molar-refractivity contribution is 7.80. The highest BCUT2D eigenvalue weighted by Gasteiger charge is 2.12. The summed E-state index contributed by atoms with van der Waals surface area (Å²) < 4.78 is 0. The second-order valence-corrected chi connectivity index (χ2v) is 4.95. The van der Waals surface area contributed by atoms with Gasteiger partial charge in [-0.2, -0.15) is 0 Å². The fourth-order valence-corrected chi connectivity index (χ4v) is 2.21. The van der Waals surface area contributed by atoms with Crippen LogP contribution in [0.1, 0.15) is 35.3 Å². The first-order chi connectivity index (χ1) is 10.2. The van der Waals surface area contributed by atoms with E-state index in [0.29, 0.717) is 10.7 Å². The molecule has 0 saturated heterocycles. The van der Waals surface area contributed by atoms with E-state index in [-0.39, 0.29) is 11.9 Å². The van der Waals surface area contributed by atoms with Crippen LogP contribution in [0.4, 0.5) is 0 Å². The number of nitrogens with zero attached hydrogens (tertiary/aromatic N) is 1. The smallest absolute Gasteiger partial charge is 0.258 e. The second-order valence-electron chi connectivity index (χ2n) is 4.54. The summed E-state index contributed by atoms with van der Waals surface area (Å²) >= 11 is 5.21. The number of nitrogens with one attached hydrogen (secondary N) is 2. The van der Waals surface area contributed by atoms with Crippen LogP contribution in [-0.2, 0) is 0 Å². The summed E-state index contributed by atoms with van der Waals surface area (Å²) in [4.78, 5) is 15.9. The fraction of sp³-hybridized carbons (Fsp3) is 0.188. The number of hydrogen-bond donors (Lipinski definition) is 2. The minimum absolute atomic E-state index is 0.0768. The molecule has 0 aliphatic rings. The molecular formula is C16H17N3OS. The first-order valence-corrected chi connectivity index (χ1v) is 7.18. The molecule has 0 bridgehead atoms. The standard InChI is InChI=1S/C16H17N3OS/c1-2-14(12-7-4-3-5-8-12)18-16(21)19-15(20)13-9-6-10-17-11-13/h3-11,14H,2H2,1H3,(H2,18,19,20,21). The molecule has 108 valence electrons. The van der Waals surface area contributed by atoms with Gasteiger partial charge >= 0.3 is 0 Å². The zero-order valence-electron chi connectivity index (χ0n) is 11.7. The quantitative estimate of drug-likeness (QED) is 0.852. The van der Waals surface area contributed by atoms with E-state index in [1.807, 2.05) is 30.3 Å². The summed E-state index contributed by atoms with van der Waals surface area (Å²) in [6.45, 7) is 2.07. The van der Waals surface area contributed by atoms with Gasteiger partial charge in [-0.15, -0.1) is 0 Å². The Kier molecular flexibility index (Phi) is 5.40. The van der Waals surface area contributed by atoms with Gasteiger partial charge in [0, 0.05) is 12.4 Å². The average molecular weight is 299 g/mol. The molecule has 4 nitrogen and oxygen atoms in total. The van der Waals surface area contributed by atoms with Crippen LogP contribution in [0.2, 0.25) is 0 Å². The predicted molar refractivity (Wildman–Crippen MR) is 86.9 cm³/mol. The lowest BCUT2D eigenvalue weighted by molar-refractivity contribution is 0.0976. The minimum Gasteiger partial charge on any atom is -0.356 e. The molecule has 21 heavy (non-hydrogen) atoms. The van der Waals surface area contributed by atoms with Crippen LogP contribution in [0.3, 0.4) is 0 Å². The predicted octanol–water partition coefficient (Wildman–Crippen LogP) is 2.84. The summed E-state index contributed by atoms with van der Waals surface area (Å²) in [5, 5.41) is 6.15. The lowest BCUT2D eigenvalue weighted by Crippen LogP contribution is -2.40. The number of hydrogen-bond acceptors (Lipinski definition) is 3. The van der Waals surface area contributed by atoms with E-state index in [1.165, 1.54) is 6.20 Å². The summed E-state index contributed by atoms with van der Waals surface area (Å²) in [5.41, 5.74) is 1.62. The highest BCUT2D eigenvalue weighted by atomic mass is 32.1. The fourth-order valence-electron chi connectivity index (χ4n) is 1.97. The lowest BCUT2D eigenvalue weighted by atomic mass is 10.1. The molecule has 1 amide bonds. The highest BCUT2D eigenvalue weighted by Crippen LogP contribution is 2.15. The number of aromatic nitrogens is 1. The van der Waals surface area contributed by atoms with E-state index in [0.717, 1.165) is 12.0 Å². The van der Waals surface area contributed by atoms with E-state index >= 15 is 0 Å². The number of carbonyl (C=O) groups excluding carboxylic acids is 1. The molecule has 2 rings (SSSR count). The number of amides is 1. The molecule has 5 heteroatoms. The number of carbonyl (C=O) groups is 1. The molecule has 1 unspecified atom stereocenters. The van der Waals surface area contributed by atoms with Crippen molar-refractivity contribution >= 4 is 23.2 Å². The summed E-state index contributed by atoms with van der Waals surface area (Å²) in [5.74, 6) is -0.261. The molecule has 0 radical (unpaired) electrons. The van der Waals surface area contributed by atoms with Gasteiger partial charge in [0.15, 0.2) is 5.11 Å². The van der Waals surface area contributed by atoms with Crippen LogP contribution < -0.4 is 10.6 Å². The van der Waals surface area contributed by atoms with Gasteiger partial charge in [0.1, 0.15) is 0 Å². The maximum Gasteiger partial charge on any atom is 0.258 e. The Balaban J connectivity index is 1.96. The van der Waals surface area contributed by atoms with Crippen LogP contribution in [-0.4, -0.2) is 16.0 Å². The molecule has 1 aromatic heterocycles. The molecule has 2 aromatic rings. The van der Waals surface area contributed by atoms with Gasteiger partial charge < -0.3 is 5.32 Å². The van der Waals surface area contributed by atoms with Crippen LogP contribution in [0.25, 0.3) is 0 Å². The van der Waals surface area contributed by atoms with E-state index in [4.69, 9.17) is 12.2 Å². The summed E-state index contributed by atoms with van der Waals surface area (Å²) in [6, 6.07) is 13.5. The van der Waals surface area contributed by atoms with Gasteiger partial charge in [-0.1, -0.05) is 37.3 Å². The molecule has 1 atom stereocenters. The van der Waals surface area contributed by atoms with Gasteiger partial charge in [-0.25, -0.2) is 0 Å². The Morgan fingerprint density at radius 2 is 2.00 bits per heavy atom. The van der Waals surface area contributed by atoms with E-state index < -0.39 is 0 Å². The number of benzene rings is 1. The molecular weight excluding hydrogens is 282 g/mol. The van der Waals surface area contributed by atoms with Crippen LogP contribution in [0.15, 0.2) is 54.9 Å².